The van der Waals surface area contributed by atoms with Gasteiger partial charge in [0, 0.05) is 25.1 Å². The van der Waals surface area contributed by atoms with Crippen LogP contribution in [0.5, 0.6) is 0 Å². The average Bonchev–Trinajstić information content (AvgIpc) is 2.69. The molecule has 2 aromatic carbocycles. The van der Waals surface area contributed by atoms with E-state index in [4.69, 9.17) is 11.6 Å². The maximum Gasteiger partial charge on any atom is 0.269 e. The largest absolute Gasteiger partial charge is 0.352 e. The highest BCUT2D eigenvalue weighted by Crippen LogP contribution is 2.14. The van der Waals surface area contributed by atoms with Gasteiger partial charge in [-0.05, 0) is 43.2 Å². The van der Waals surface area contributed by atoms with Crippen LogP contribution in [0.4, 0.5) is 5.69 Å². The minimum Gasteiger partial charge on any atom is -0.352 e. The second kappa shape index (κ2) is 10.2. The SMILES string of the molecule is CC(=NNC(=O)CCCNC(=O)c1ccccc1Cl)c1ccc([N+](=O)[O-])cc1. The lowest BCUT2D eigenvalue weighted by Crippen LogP contribution is -2.26. The normalized spacial score (nSPS) is 11.0. The predicted molar refractivity (Wildman–Crippen MR) is 106 cm³/mol. The number of carbonyl (C=O) groups excluding carboxylic acids is 2. The molecule has 2 N–H and O–H groups in total. The molecule has 0 bridgehead atoms. The van der Waals surface area contributed by atoms with Gasteiger partial charge in [0.1, 0.15) is 0 Å². The van der Waals surface area contributed by atoms with Gasteiger partial charge >= 0.3 is 0 Å². The summed E-state index contributed by atoms with van der Waals surface area (Å²) in [4.78, 5) is 34.0. The van der Waals surface area contributed by atoms with Gasteiger partial charge < -0.3 is 5.32 Å². The van der Waals surface area contributed by atoms with E-state index >= 15 is 0 Å². The van der Waals surface area contributed by atoms with E-state index in [-0.39, 0.29) is 23.9 Å². The summed E-state index contributed by atoms with van der Waals surface area (Å²) in [7, 11) is 0. The molecule has 0 unspecified atom stereocenters. The molecule has 0 aromatic heterocycles. The van der Waals surface area contributed by atoms with Crippen LogP contribution in [0.1, 0.15) is 35.7 Å². The fourth-order valence-electron chi connectivity index (χ4n) is 2.28. The van der Waals surface area contributed by atoms with Crippen LogP contribution in [0.25, 0.3) is 0 Å². The van der Waals surface area contributed by atoms with Crippen LogP contribution in [-0.2, 0) is 4.79 Å². The van der Waals surface area contributed by atoms with Crippen molar-refractivity contribution >= 4 is 34.8 Å². The molecule has 28 heavy (non-hydrogen) atoms. The number of nitrogens with zero attached hydrogens (tertiary/aromatic N) is 2. The van der Waals surface area contributed by atoms with Crippen LogP contribution >= 0.6 is 11.6 Å². The molecule has 0 radical (unpaired) electrons. The molecular formula is C19H19ClN4O4. The number of halogens is 1. The van der Waals surface area contributed by atoms with E-state index < -0.39 is 4.92 Å². The molecule has 2 aromatic rings. The lowest BCUT2D eigenvalue weighted by molar-refractivity contribution is -0.384. The van der Waals surface area contributed by atoms with Gasteiger partial charge in [0.15, 0.2) is 0 Å². The molecule has 2 amide bonds. The second-order valence-corrected chi connectivity index (χ2v) is 6.28. The third-order valence-corrected chi connectivity index (χ3v) is 4.16. The van der Waals surface area contributed by atoms with Crippen molar-refractivity contribution in [3.63, 3.8) is 0 Å². The molecule has 0 saturated carbocycles. The zero-order valence-electron chi connectivity index (χ0n) is 15.1. The Morgan fingerprint density at radius 1 is 1.14 bits per heavy atom. The number of nitro benzene ring substituents is 1. The Labute approximate surface area is 166 Å². The van der Waals surface area contributed by atoms with Crippen LogP contribution in [0.15, 0.2) is 53.6 Å². The van der Waals surface area contributed by atoms with Gasteiger partial charge in [-0.3, -0.25) is 19.7 Å². The van der Waals surface area contributed by atoms with Gasteiger partial charge in [0.05, 0.1) is 21.2 Å². The maximum absolute atomic E-state index is 12.0. The summed E-state index contributed by atoms with van der Waals surface area (Å²) in [6.07, 6.45) is 0.619. The number of hydrogen-bond donors (Lipinski definition) is 2. The molecule has 0 aliphatic heterocycles. The molecule has 0 saturated heterocycles. The van der Waals surface area contributed by atoms with E-state index in [0.29, 0.717) is 34.8 Å². The number of hydrogen-bond acceptors (Lipinski definition) is 5. The first kappa shape index (κ1) is 21.0. The van der Waals surface area contributed by atoms with Crippen LogP contribution in [0.2, 0.25) is 5.02 Å². The van der Waals surface area contributed by atoms with E-state index in [9.17, 15) is 19.7 Å². The number of non-ortho nitro benzene ring substituents is 1. The van der Waals surface area contributed by atoms with Crippen molar-refractivity contribution in [2.24, 2.45) is 5.10 Å². The highest BCUT2D eigenvalue weighted by molar-refractivity contribution is 6.33. The van der Waals surface area contributed by atoms with Crippen molar-refractivity contribution in [3.05, 3.63) is 74.8 Å². The molecule has 0 spiro atoms. The van der Waals surface area contributed by atoms with Gasteiger partial charge in [-0.1, -0.05) is 23.7 Å². The monoisotopic (exact) mass is 402 g/mol. The molecule has 146 valence electrons. The molecule has 9 heteroatoms. The Morgan fingerprint density at radius 2 is 1.82 bits per heavy atom. The molecule has 2 rings (SSSR count). The topological polar surface area (TPSA) is 114 Å². The summed E-state index contributed by atoms with van der Waals surface area (Å²) in [5, 5.41) is 17.7. The van der Waals surface area contributed by atoms with Gasteiger partial charge in [-0.25, -0.2) is 5.43 Å². The maximum atomic E-state index is 12.0. The van der Waals surface area contributed by atoms with Crippen LogP contribution in [0, 0.1) is 10.1 Å². The van der Waals surface area contributed by atoms with E-state index in [1.165, 1.54) is 12.1 Å². The third-order valence-electron chi connectivity index (χ3n) is 3.83. The molecule has 0 aliphatic rings. The van der Waals surface area contributed by atoms with Gasteiger partial charge in [0.25, 0.3) is 11.6 Å². The minimum atomic E-state index is -0.484. The molecule has 0 fully saturated rings. The van der Waals surface area contributed by atoms with E-state index in [1.54, 1.807) is 43.3 Å². The highest BCUT2D eigenvalue weighted by Gasteiger charge is 2.09. The Kier molecular flexibility index (Phi) is 7.65. The lowest BCUT2D eigenvalue weighted by atomic mass is 10.1. The van der Waals surface area contributed by atoms with Crippen LogP contribution in [-0.4, -0.2) is 29.0 Å². The minimum absolute atomic E-state index is 0.0144. The number of rotatable bonds is 8. The Morgan fingerprint density at radius 3 is 2.46 bits per heavy atom. The number of nitrogens with one attached hydrogen (secondary N) is 2. The smallest absolute Gasteiger partial charge is 0.269 e. The number of benzene rings is 2. The lowest BCUT2D eigenvalue weighted by Gasteiger charge is -2.06. The standard InChI is InChI=1S/C19H19ClN4O4/c1-13(14-8-10-15(11-9-14)24(27)28)22-23-18(25)7-4-12-21-19(26)16-5-2-3-6-17(16)20/h2-3,5-6,8-11H,4,7,12H2,1H3,(H,21,26)(H,23,25). The van der Waals surface area contributed by atoms with Crippen molar-refractivity contribution in [2.75, 3.05) is 6.54 Å². The third kappa shape index (κ3) is 6.17. The van der Waals surface area contributed by atoms with E-state index in [2.05, 4.69) is 15.8 Å². The van der Waals surface area contributed by atoms with Crippen LogP contribution in [0.3, 0.4) is 0 Å². The first-order valence-electron chi connectivity index (χ1n) is 8.49. The number of carbonyl (C=O) groups is 2. The first-order chi connectivity index (χ1) is 13.4. The molecule has 0 aliphatic carbocycles. The van der Waals surface area contributed by atoms with Gasteiger partial charge in [-0.15, -0.1) is 0 Å². The van der Waals surface area contributed by atoms with Gasteiger partial charge in [-0.2, -0.15) is 5.10 Å². The van der Waals surface area contributed by atoms with Crippen LogP contribution < -0.4 is 10.7 Å². The Hall–Kier alpha value is -3.26. The van der Waals surface area contributed by atoms with Crippen molar-refractivity contribution < 1.29 is 14.5 Å². The zero-order valence-corrected chi connectivity index (χ0v) is 15.9. The molecule has 0 atom stereocenters. The van der Waals surface area contributed by atoms with Gasteiger partial charge in [0.2, 0.25) is 5.91 Å². The van der Waals surface area contributed by atoms with Crippen molar-refractivity contribution in [1.29, 1.82) is 0 Å². The Balaban J connectivity index is 1.74. The molecule has 8 nitrogen and oxygen atoms in total. The molecular weight excluding hydrogens is 384 g/mol. The fourth-order valence-corrected chi connectivity index (χ4v) is 2.50. The molecule has 0 heterocycles. The first-order valence-corrected chi connectivity index (χ1v) is 8.87. The summed E-state index contributed by atoms with van der Waals surface area (Å²) in [5.74, 6) is -0.591. The van der Waals surface area contributed by atoms with Crippen molar-refractivity contribution in [3.8, 4) is 0 Å². The van der Waals surface area contributed by atoms with Crippen molar-refractivity contribution in [2.45, 2.75) is 19.8 Å². The quantitative estimate of drug-likeness (QED) is 0.305. The summed E-state index contributed by atoms with van der Waals surface area (Å²) in [6.45, 7) is 2.01. The summed E-state index contributed by atoms with van der Waals surface area (Å²) >= 11 is 5.95. The average molecular weight is 403 g/mol. The second-order valence-electron chi connectivity index (χ2n) is 5.88. The van der Waals surface area contributed by atoms with E-state index in [1.807, 2.05) is 0 Å². The number of hydrazone groups is 1. The zero-order chi connectivity index (χ0) is 20.5. The summed E-state index contributed by atoms with van der Waals surface area (Å²) in [5.41, 5.74) is 3.99. The summed E-state index contributed by atoms with van der Waals surface area (Å²) < 4.78 is 0. The number of amides is 2. The number of nitro groups is 1. The van der Waals surface area contributed by atoms with Crippen molar-refractivity contribution in [1.82, 2.24) is 10.7 Å². The highest BCUT2D eigenvalue weighted by atomic mass is 35.5. The predicted octanol–water partition coefficient (Wildman–Crippen LogP) is 3.30. The Bertz CT molecular complexity index is 897. The van der Waals surface area contributed by atoms with E-state index in [0.717, 1.165) is 0 Å². The summed E-state index contributed by atoms with van der Waals surface area (Å²) in [6, 6.07) is 12.6. The fraction of sp³-hybridized carbons (Fsp3) is 0.211.